The number of carbonyl (C=O) groups excluding carboxylic acids is 2. The molecule has 0 saturated carbocycles. The summed E-state index contributed by atoms with van der Waals surface area (Å²) >= 11 is 6.26. The van der Waals surface area contributed by atoms with E-state index in [2.05, 4.69) is 5.32 Å². The Labute approximate surface area is 179 Å². The van der Waals surface area contributed by atoms with Gasteiger partial charge in [-0.25, -0.2) is 4.39 Å². The quantitative estimate of drug-likeness (QED) is 0.356. The lowest BCUT2D eigenvalue weighted by molar-refractivity contribution is -0.167. The summed E-state index contributed by atoms with van der Waals surface area (Å²) in [5, 5.41) is 4.51. The topological polar surface area (TPSA) is 58.2 Å². The first-order valence-corrected chi connectivity index (χ1v) is 9.28. The summed E-state index contributed by atoms with van der Waals surface area (Å²) < 4.78 is 51.2. The van der Waals surface area contributed by atoms with Crippen molar-refractivity contribution in [1.29, 1.82) is 0 Å². The lowest BCUT2D eigenvalue weighted by Crippen LogP contribution is -2.30. The predicted molar refractivity (Wildman–Crippen MR) is 110 cm³/mol. The largest absolute Gasteiger partial charge is 0.471 e. The molecular weight excluding hydrogens is 436 g/mol. The molecule has 0 radical (unpaired) electrons. The van der Waals surface area contributed by atoms with E-state index < -0.39 is 23.6 Å². The van der Waals surface area contributed by atoms with Crippen LogP contribution in [0, 0.1) is 12.7 Å². The van der Waals surface area contributed by atoms with Crippen molar-refractivity contribution in [2.24, 2.45) is 0 Å². The number of hydrogen-bond donors (Lipinski definition) is 2. The highest BCUT2D eigenvalue weighted by atomic mass is 35.5. The second-order valence-electron chi connectivity index (χ2n) is 6.61. The van der Waals surface area contributed by atoms with Gasteiger partial charge in [0, 0.05) is 16.8 Å². The zero-order valence-corrected chi connectivity index (χ0v) is 16.7. The van der Waals surface area contributed by atoms with E-state index in [4.69, 9.17) is 11.6 Å². The number of anilines is 3. The normalized spacial score (nSPS) is 11.2. The van der Waals surface area contributed by atoms with Crippen LogP contribution in [-0.2, 0) is 4.79 Å². The minimum absolute atomic E-state index is 0.00745. The Morgan fingerprint density at radius 3 is 2.26 bits per heavy atom. The molecular formula is C22H15ClF4N2O2. The van der Waals surface area contributed by atoms with Gasteiger partial charge in [-0.05, 0) is 48.9 Å². The number of alkyl halides is 3. The zero-order valence-electron chi connectivity index (χ0n) is 16.0. The van der Waals surface area contributed by atoms with Crippen LogP contribution in [0.4, 0.5) is 34.6 Å². The number of ketones is 1. The van der Waals surface area contributed by atoms with E-state index >= 15 is 0 Å². The van der Waals surface area contributed by atoms with E-state index in [1.54, 1.807) is 36.5 Å². The van der Waals surface area contributed by atoms with Gasteiger partial charge in [0.05, 0.1) is 16.4 Å². The number of nitrogens with one attached hydrogen (secondary N) is 2. The Morgan fingerprint density at radius 2 is 1.61 bits per heavy atom. The van der Waals surface area contributed by atoms with Crippen molar-refractivity contribution in [3.63, 3.8) is 0 Å². The second kappa shape index (κ2) is 8.77. The molecule has 3 rings (SSSR count). The Bertz CT molecular complexity index is 1160. The van der Waals surface area contributed by atoms with Gasteiger partial charge in [0.2, 0.25) is 0 Å². The van der Waals surface area contributed by atoms with Crippen molar-refractivity contribution in [1.82, 2.24) is 0 Å². The maximum absolute atomic E-state index is 13.5. The van der Waals surface area contributed by atoms with Gasteiger partial charge in [-0.1, -0.05) is 35.9 Å². The van der Waals surface area contributed by atoms with Crippen molar-refractivity contribution in [2.75, 3.05) is 10.6 Å². The highest BCUT2D eigenvalue weighted by Crippen LogP contribution is 2.31. The van der Waals surface area contributed by atoms with Gasteiger partial charge in [0.1, 0.15) is 5.82 Å². The second-order valence-corrected chi connectivity index (χ2v) is 7.01. The van der Waals surface area contributed by atoms with E-state index in [-0.39, 0.29) is 22.1 Å². The molecule has 0 aromatic heterocycles. The van der Waals surface area contributed by atoms with E-state index in [1.807, 2.05) is 0 Å². The molecule has 0 unspecified atom stereocenters. The van der Waals surface area contributed by atoms with E-state index in [0.717, 1.165) is 17.7 Å². The Morgan fingerprint density at radius 1 is 0.903 bits per heavy atom. The fourth-order valence-corrected chi connectivity index (χ4v) is 3.09. The molecule has 0 aliphatic rings. The molecule has 9 heteroatoms. The molecule has 2 N–H and O–H groups in total. The maximum Gasteiger partial charge on any atom is 0.471 e. The minimum atomic E-state index is -5.13. The van der Waals surface area contributed by atoms with Crippen LogP contribution in [0.2, 0.25) is 5.02 Å². The van der Waals surface area contributed by atoms with Gasteiger partial charge in [0.25, 0.3) is 0 Å². The average Bonchev–Trinajstić information content (AvgIpc) is 2.69. The first kappa shape index (κ1) is 22.3. The summed E-state index contributed by atoms with van der Waals surface area (Å²) in [6.07, 6.45) is -5.13. The number of carbonyl (C=O) groups is 2. The first-order valence-electron chi connectivity index (χ1n) is 8.91. The van der Waals surface area contributed by atoms with Crippen LogP contribution in [0.1, 0.15) is 21.5 Å². The van der Waals surface area contributed by atoms with Crippen molar-refractivity contribution < 1.29 is 27.2 Å². The highest BCUT2D eigenvalue weighted by molar-refractivity contribution is 6.35. The fourth-order valence-electron chi connectivity index (χ4n) is 2.83. The summed E-state index contributed by atoms with van der Waals surface area (Å²) in [5.74, 6) is -3.35. The SMILES string of the molecule is Cc1ccccc1C(=O)c1ccc(Nc2ccc(F)cc2NC(=O)C(F)(F)F)cc1Cl. The molecule has 0 aliphatic carbocycles. The van der Waals surface area contributed by atoms with Gasteiger partial charge in [0.15, 0.2) is 5.78 Å². The molecule has 4 nitrogen and oxygen atoms in total. The lowest BCUT2D eigenvalue weighted by atomic mass is 9.99. The summed E-state index contributed by atoms with van der Waals surface area (Å²) in [4.78, 5) is 24.0. The molecule has 0 fully saturated rings. The number of aryl methyl sites for hydroxylation is 1. The Kier molecular flexibility index (Phi) is 6.31. The average molecular weight is 451 g/mol. The van der Waals surface area contributed by atoms with Crippen LogP contribution in [0.15, 0.2) is 60.7 Å². The number of amides is 1. The van der Waals surface area contributed by atoms with Crippen LogP contribution in [0.25, 0.3) is 0 Å². The Balaban J connectivity index is 1.88. The number of rotatable bonds is 5. The summed E-state index contributed by atoms with van der Waals surface area (Å²) in [7, 11) is 0. The third-order valence-corrected chi connectivity index (χ3v) is 4.68. The van der Waals surface area contributed by atoms with Gasteiger partial charge < -0.3 is 10.6 Å². The van der Waals surface area contributed by atoms with Crippen LogP contribution >= 0.6 is 11.6 Å². The van der Waals surface area contributed by atoms with Gasteiger partial charge >= 0.3 is 12.1 Å². The molecule has 3 aromatic carbocycles. The maximum atomic E-state index is 13.5. The van der Waals surface area contributed by atoms with Crippen molar-refractivity contribution in [2.45, 2.75) is 13.1 Å². The third kappa shape index (κ3) is 5.21. The Hall–Kier alpha value is -3.39. The third-order valence-electron chi connectivity index (χ3n) is 4.37. The molecule has 1 amide bonds. The van der Waals surface area contributed by atoms with E-state index in [1.165, 1.54) is 24.3 Å². The number of halogens is 5. The van der Waals surface area contributed by atoms with Crippen LogP contribution < -0.4 is 10.6 Å². The minimum Gasteiger partial charge on any atom is -0.354 e. The summed E-state index contributed by atoms with van der Waals surface area (Å²) in [6.45, 7) is 1.79. The molecule has 0 saturated heterocycles. The monoisotopic (exact) mass is 450 g/mol. The molecule has 160 valence electrons. The summed E-state index contributed by atoms with van der Waals surface area (Å²) in [6, 6.07) is 14.3. The molecule has 0 spiro atoms. The molecule has 31 heavy (non-hydrogen) atoms. The molecule has 0 atom stereocenters. The fraction of sp³-hybridized carbons (Fsp3) is 0.0909. The molecule has 0 bridgehead atoms. The first-order chi connectivity index (χ1) is 14.6. The standard InChI is InChI=1S/C22H15ClF4N2O2/c1-12-4-2-3-5-15(12)20(30)16-8-7-14(11-17(16)23)28-18-9-6-13(24)10-19(18)29-21(31)22(25,26)27/h2-11,28H,1H3,(H,29,31). The molecule has 0 aliphatic heterocycles. The zero-order chi connectivity index (χ0) is 22.8. The lowest BCUT2D eigenvalue weighted by Gasteiger charge is -2.15. The van der Waals surface area contributed by atoms with Crippen molar-refractivity contribution in [3.8, 4) is 0 Å². The molecule has 0 heterocycles. The highest BCUT2D eigenvalue weighted by Gasteiger charge is 2.39. The van der Waals surface area contributed by atoms with Gasteiger partial charge in [-0.2, -0.15) is 13.2 Å². The van der Waals surface area contributed by atoms with E-state index in [0.29, 0.717) is 11.3 Å². The van der Waals surface area contributed by atoms with Crippen LogP contribution in [0.3, 0.4) is 0 Å². The van der Waals surface area contributed by atoms with Gasteiger partial charge in [-0.3, -0.25) is 9.59 Å². The van der Waals surface area contributed by atoms with Crippen molar-refractivity contribution in [3.05, 3.63) is 88.2 Å². The number of benzene rings is 3. The van der Waals surface area contributed by atoms with Crippen LogP contribution in [-0.4, -0.2) is 17.9 Å². The summed E-state index contributed by atoms with van der Waals surface area (Å²) in [5.41, 5.74) is 1.43. The number of hydrogen-bond acceptors (Lipinski definition) is 3. The van der Waals surface area contributed by atoms with Gasteiger partial charge in [-0.15, -0.1) is 0 Å². The molecule has 3 aromatic rings. The van der Waals surface area contributed by atoms with Crippen molar-refractivity contribution >= 4 is 40.4 Å². The van der Waals surface area contributed by atoms with Crippen LogP contribution in [0.5, 0.6) is 0 Å². The predicted octanol–water partition coefficient (Wildman–Crippen LogP) is 6.26. The van der Waals surface area contributed by atoms with E-state index in [9.17, 15) is 27.2 Å². The smallest absolute Gasteiger partial charge is 0.354 e.